The van der Waals surface area contributed by atoms with Crippen molar-refractivity contribution in [3.63, 3.8) is 0 Å². The lowest BCUT2D eigenvalue weighted by Gasteiger charge is -2.14. The van der Waals surface area contributed by atoms with Crippen LogP contribution in [0.25, 0.3) is 60.6 Å². The van der Waals surface area contributed by atoms with Crippen molar-refractivity contribution in [1.29, 1.82) is 5.26 Å². The van der Waals surface area contributed by atoms with Gasteiger partial charge in [0, 0.05) is 39.7 Å². The molecule has 0 atom stereocenters. The highest BCUT2D eigenvalue weighted by Gasteiger charge is 2.20. The summed E-state index contributed by atoms with van der Waals surface area (Å²) in [5, 5.41) is 14.2. The molecule has 0 fully saturated rings. The van der Waals surface area contributed by atoms with Crippen molar-refractivity contribution in [3.05, 3.63) is 109 Å². The quantitative estimate of drug-likeness (QED) is 0.281. The molecule has 0 bridgehead atoms. The molecule has 7 rings (SSSR count). The van der Waals surface area contributed by atoms with Gasteiger partial charge in [-0.25, -0.2) is 0 Å². The van der Waals surface area contributed by atoms with Crippen LogP contribution in [0.5, 0.6) is 0 Å². The van der Waals surface area contributed by atoms with Crippen molar-refractivity contribution in [3.8, 4) is 22.9 Å². The van der Waals surface area contributed by atoms with E-state index in [9.17, 15) is 5.26 Å². The highest BCUT2D eigenvalue weighted by Crippen LogP contribution is 2.42. The van der Waals surface area contributed by atoms with E-state index in [1.165, 1.54) is 0 Å². The minimum atomic E-state index is 0.600. The van der Waals surface area contributed by atoms with E-state index >= 15 is 0 Å². The van der Waals surface area contributed by atoms with Gasteiger partial charge in [0.2, 0.25) is 0 Å². The first-order valence-electron chi connectivity index (χ1n) is 11.1. The maximum absolute atomic E-state index is 9.74. The minimum Gasteiger partial charge on any atom is -0.455 e. The highest BCUT2D eigenvalue weighted by atomic mass is 16.3. The number of rotatable bonds is 2. The molecule has 158 valence electrons. The lowest BCUT2D eigenvalue weighted by Crippen LogP contribution is -1.98. The SMILES string of the molecule is N#Cc1ccncc1-c1ccccc1-n1c2ccccc2c2c3oc4ccccc4c3ccc21. The van der Waals surface area contributed by atoms with Crippen molar-refractivity contribution in [2.75, 3.05) is 0 Å². The van der Waals surface area contributed by atoms with Gasteiger partial charge in [0.1, 0.15) is 11.2 Å². The Morgan fingerprint density at radius 3 is 2.41 bits per heavy atom. The molecule has 0 spiro atoms. The van der Waals surface area contributed by atoms with E-state index in [0.29, 0.717) is 5.56 Å². The van der Waals surface area contributed by atoms with Gasteiger partial charge in [-0.2, -0.15) is 5.26 Å². The Hall–Kier alpha value is -4.88. The number of hydrogen-bond acceptors (Lipinski definition) is 3. The number of nitrogens with zero attached hydrogens (tertiary/aromatic N) is 3. The third-order valence-electron chi connectivity index (χ3n) is 6.56. The molecule has 4 nitrogen and oxygen atoms in total. The molecular formula is C30H17N3O. The van der Waals surface area contributed by atoms with Gasteiger partial charge >= 0.3 is 0 Å². The number of pyridine rings is 1. The van der Waals surface area contributed by atoms with Gasteiger partial charge in [-0.3, -0.25) is 4.98 Å². The number of furan rings is 1. The summed E-state index contributed by atoms with van der Waals surface area (Å²) in [7, 11) is 0. The number of aromatic nitrogens is 2. The van der Waals surface area contributed by atoms with E-state index in [-0.39, 0.29) is 0 Å². The average Bonchev–Trinajstić information content (AvgIpc) is 3.44. The molecular weight excluding hydrogens is 418 g/mol. The van der Waals surface area contributed by atoms with Gasteiger partial charge in [0.15, 0.2) is 0 Å². The maximum Gasteiger partial charge on any atom is 0.145 e. The monoisotopic (exact) mass is 435 g/mol. The van der Waals surface area contributed by atoms with Crippen LogP contribution in [0.3, 0.4) is 0 Å². The molecule has 0 saturated carbocycles. The summed E-state index contributed by atoms with van der Waals surface area (Å²) in [5.74, 6) is 0. The van der Waals surface area contributed by atoms with Gasteiger partial charge in [-0.15, -0.1) is 0 Å². The summed E-state index contributed by atoms with van der Waals surface area (Å²) in [6.07, 6.45) is 3.42. The zero-order valence-electron chi connectivity index (χ0n) is 18.1. The van der Waals surface area contributed by atoms with Crippen LogP contribution in [0, 0.1) is 11.3 Å². The van der Waals surface area contributed by atoms with Crippen LogP contribution in [0.4, 0.5) is 0 Å². The van der Waals surface area contributed by atoms with Crippen molar-refractivity contribution < 1.29 is 4.42 Å². The van der Waals surface area contributed by atoms with Gasteiger partial charge in [0.25, 0.3) is 0 Å². The molecule has 0 aliphatic carbocycles. The number of benzene rings is 4. The van der Waals surface area contributed by atoms with Crippen LogP contribution in [-0.4, -0.2) is 9.55 Å². The molecule has 0 saturated heterocycles. The van der Waals surface area contributed by atoms with Crippen LogP contribution in [0.1, 0.15) is 5.56 Å². The molecule has 0 amide bonds. The Morgan fingerprint density at radius 2 is 1.50 bits per heavy atom. The first-order valence-corrected chi connectivity index (χ1v) is 11.1. The van der Waals surface area contributed by atoms with E-state index < -0.39 is 0 Å². The second kappa shape index (κ2) is 7.06. The summed E-state index contributed by atoms with van der Waals surface area (Å²) in [4.78, 5) is 4.31. The Labute approximate surface area is 194 Å². The van der Waals surface area contributed by atoms with Gasteiger partial charge in [-0.1, -0.05) is 54.6 Å². The standard InChI is InChI=1S/C30H17N3O/c31-17-19-15-16-32-18-24(19)20-7-1-4-10-25(20)33-26-11-5-2-9-23(26)29-27(33)14-13-22-21-8-3-6-12-28(21)34-30(22)29/h1-16,18H. The molecule has 3 heterocycles. The topological polar surface area (TPSA) is 54.8 Å². The van der Waals surface area contributed by atoms with E-state index in [0.717, 1.165) is 60.6 Å². The molecule has 7 aromatic rings. The van der Waals surface area contributed by atoms with Crippen LogP contribution in [0.2, 0.25) is 0 Å². The molecule has 3 aromatic heterocycles. The lowest BCUT2D eigenvalue weighted by atomic mass is 10.0. The third-order valence-corrected chi connectivity index (χ3v) is 6.56. The third kappa shape index (κ3) is 2.49. The first kappa shape index (κ1) is 18.7. The summed E-state index contributed by atoms with van der Waals surface area (Å²) in [6.45, 7) is 0. The predicted molar refractivity (Wildman–Crippen MR) is 136 cm³/mol. The van der Waals surface area contributed by atoms with Crippen molar-refractivity contribution in [1.82, 2.24) is 9.55 Å². The minimum absolute atomic E-state index is 0.600. The van der Waals surface area contributed by atoms with Crippen LogP contribution < -0.4 is 0 Å². The van der Waals surface area contributed by atoms with Crippen LogP contribution in [-0.2, 0) is 0 Å². The Bertz CT molecular complexity index is 1930. The average molecular weight is 435 g/mol. The van der Waals surface area contributed by atoms with E-state index in [1.54, 1.807) is 18.5 Å². The molecule has 4 heteroatoms. The van der Waals surface area contributed by atoms with E-state index in [4.69, 9.17) is 4.42 Å². The normalized spacial score (nSPS) is 11.5. The number of hydrogen-bond donors (Lipinski definition) is 0. The zero-order valence-corrected chi connectivity index (χ0v) is 18.1. The summed E-state index contributed by atoms with van der Waals surface area (Å²) in [6, 6.07) is 33.1. The summed E-state index contributed by atoms with van der Waals surface area (Å²) in [5.41, 5.74) is 7.29. The number of fused-ring (bicyclic) bond motifs is 7. The second-order valence-electron chi connectivity index (χ2n) is 8.34. The molecule has 4 aromatic carbocycles. The molecule has 0 aliphatic heterocycles. The smallest absolute Gasteiger partial charge is 0.145 e. The Balaban J connectivity index is 1.65. The first-order chi connectivity index (χ1) is 16.8. The Morgan fingerprint density at radius 1 is 0.706 bits per heavy atom. The molecule has 0 aliphatic rings. The highest BCUT2D eigenvalue weighted by molar-refractivity contribution is 6.24. The van der Waals surface area contributed by atoms with Gasteiger partial charge in [-0.05, 0) is 36.4 Å². The largest absolute Gasteiger partial charge is 0.455 e. The lowest BCUT2D eigenvalue weighted by molar-refractivity contribution is 0.673. The fourth-order valence-electron chi connectivity index (χ4n) is 5.10. The van der Waals surface area contributed by atoms with Crippen molar-refractivity contribution in [2.45, 2.75) is 0 Å². The van der Waals surface area contributed by atoms with Crippen molar-refractivity contribution in [2.24, 2.45) is 0 Å². The zero-order chi connectivity index (χ0) is 22.6. The van der Waals surface area contributed by atoms with Crippen molar-refractivity contribution >= 4 is 43.7 Å². The number of para-hydroxylation sites is 3. The molecule has 0 unspecified atom stereocenters. The maximum atomic E-state index is 9.74. The van der Waals surface area contributed by atoms with Gasteiger partial charge < -0.3 is 8.98 Å². The van der Waals surface area contributed by atoms with E-state index in [2.05, 4.69) is 64.2 Å². The Kier molecular flexibility index (Phi) is 3.88. The van der Waals surface area contributed by atoms with Crippen LogP contribution in [0.15, 0.2) is 108 Å². The fourth-order valence-corrected chi connectivity index (χ4v) is 5.10. The molecule has 0 radical (unpaired) electrons. The predicted octanol–water partition coefficient (Wildman–Crippen LogP) is 7.62. The molecule has 0 N–H and O–H groups in total. The summed E-state index contributed by atoms with van der Waals surface area (Å²) >= 11 is 0. The van der Waals surface area contributed by atoms with Gasteiger partial charge in [0.05, 0.1) is 33.7 Å². The van der Waals surface area contributed by atoms with Crippen LogP contribution >= 0.6 is 0 Å². The molecule has 34 heavy (non-hydrogen) atoms. The second-order valence-corrected chi connectivity index (χ2v) is 8.34. The number of nitriles is 1. The fraction of sp³-hybridized carbons (Fsp3) is 0. The van der Waals surface area contributed by atoms with E-state index in [1.807, 2.05) is 36.4 Å². The summed E-state index contributed by atoms with van der Waals surface area (Å²) < 4.78 is 8.67.